The highest BCUT2D eigenvalue weighted by Gasteiger charge is 2.33. The van der Waals surface area contributed by atoms with E-state index in [2.05, 4.69) is 4.98 Å². The van der Waals surface area contributed by atoms with E-state index < -0.39 is 6.04 Å². The molecule has 1 atom stereocenters. The van der Waals surface area contributed by atoms with Gasteiger partial charge in [-0.05, 0) is 44.4 Å². The van der Waals surface area contributed by atoms with Gasteiger partial charge >= 0.3 is 5.97 Å². The molecular formula is C16H19N3O3S. The zero-order valence-electron chi connectivity index (χ0n) is 12.9. The Morgan fingerprint density at radius 3 is 3.04 bits per heavy atom. The van der Waals surface area contributed by atoms with Gasteiger partial charge in [0.15, 0.2) is 5.13 Å². The number of nitrogens with zero attached hydrogens (tertiary/aromatic N) is 2. The van der Waals surface area contributed by atoms with Crippen LogP contribution in [0.1, 0.15) is 36.5 Å². The lowest BCUT2D eigenvalue weighted by atomic mass is 10.0. The molecule has 0 saturated carbocycles. The van der Waals surface area contributed by atoms with Crippen LogP contribution >= 0.6 is 11.3 Å². The Morgan fingerprint density at radius 1 is 1.43 bits per heavy atom. The Labute approximate surface area is 138 Å². The smallest absolute Gasteiger partial charge is 0.328 e. The molecule has 7 heteroatoms. The van der Waals surface area contributed by atoms with E-state index >= 15 is 0 Å². The third-order valence-electron chi connectivity index (χ3n) is 3.97. The van der Waals surface area contributed by atoms with Gasteiger partial charge < -0.3 is 15.4 Å². The second kappa shape index (κ2) is 6.54. The van der Waals surface area contributed by atoms with Gasteiger partial charge in [-0.15, -0.1) is 0 Å². The van der Waals surface area contributed by atoms with Crippen molar-refractivity contribution in [2.75, 3.05) is 18.9 Å². The molecule has 23 heavy (non-hydrogen) atoms. The highest BCUT2D eigenvalue weighted by molar-refractivity contribution is 7.22. The van der Waals surface area contributed by atoms with E-state index in [1.54, 1.807) is 24.0 Å². The number of benzene rings is 1. The van der Waals surface area contributed by atoms with E-state index in [-0.39, 0.29) is 11.9 Å². The standard InChI is InChI=1S/C16H19N3O3S/c1-2-22-15(21)12-5-3-4-8-19(12)14(20)10-6-7-13-11(9-10)18-16(17)23-13/h6-7,9,12H,2-5,8H2,1H3,(H2,17,18). The van der Waals surface area contributed by atoms with Gasteiger partial charge in [-0.25, -0.2) is 9.78 Å². The molecule has 122 valence electrons. The number of piperidine rings is 1. The molecule has 3 rings (SSSR count). The number of carbonyl (C=O) groups is 2. The molecule has 0 radical (unpaired) electrons. The van der Waals surface area contributed by atoms with Crippen LogP contribution in [0.15, 0.2) is 18.2 Å². The highest BCUT2D eigenvalue weighted by Crippen LogP contribution is 2.26. The van der Waals surface area contributed by atoms with Crippen LogP contribution in [0.25, 0.3) is 10.2 Å². The summed E-state index contributed by atoms with van der Waals surface area (Å²) < 4.78 is 6.06. The van der Waals surface area contributed by atoms with E-state index in [0.29, 0.717) is 35.8 Å². The van der Waals surface area contributed by atoms with Gasteiger partial charge in [0.2, 0.25) is 0 Å². The second-order valence-corrected chi connectivity index (χ2v) is 6.56. The molecule has 0 aliphatic carbocycles. The molecule has 2 heterocycles. The van der Waals surface area contributed by atoms with Crippen molar-refractivity contribution in [2.24, 2.45) is 0 Å². The number of nitrogens with two attached hydrogens (primary N) is 1. The van der Waals surface area contributed by atoms with Crippen LogP contribution in [0.3, 0.4) is 0 Å². The zero-order valence-corrected chi connectivity index (χ0v) is 13.8. The number of rotatable bonds is 3. The summed E-state index contributed by atoms with van der Waals surface area (Å²) in [5, 5.41) is 0.479. The zero-order chi connectivity index (χ0) is 16.4. The third kappa shape index (κ3) is 3.14. The van der Waals surface area contributed by atoms with Crippen molar-refractivity contribution in [3.8, 4) is 0 Å². The highest BCUT2D eigenvalue weighted by atomic mass is 32.1. The predicted octanol–water partition coefficient (Wildman–Crippen LogP) is 2.44. The average Bonchev–Trinajstić information content (AvgIpc) is 2.93. The third-order valence-corrected chi connectivity index (χ3v) is 4.84. The fraction of sp³-hybridized carbons (Fsp3) is 0.438. The molecule has 6 nitrogen and oxygen atoms in total. The molecule has 1 saturated heterocycles. The largest absolute Gasteiger partial charge is 0.464 e. The minimum atomic E-state index is -0.493. The van der Waals surface area contributed by atoms with Gasteiger partial charge in [-0.3, -0.25) is 4.79 Å². The summed E-state index contributed by atoms with van der Waals surface area (Å²) in [6.07, 6.45) is 2.47. The van der Waals surface area contributed by atoms with Crippen LogP contribution in [-0.2, 0) is 9.53 Å². The number of hydrogen-bond donors (Lipinski definition) is 1. The first-order valence-corrected chi connectivity index (χ1v) is 8.55. The molecule has 2 aromatic rings. The van der Waals surface area contributed by atoms with Gasteiger partial charge in [0, 0.05) is 12.1 Å². The predicted molar refractivity (Wildman–Crippen MR) is 89.3 cm³/mol. The summed E-state index contributed by atoms with van der Waals surface area (Å²) in [7, 11) is 0. The molecule has 1 aromatic heterocycles. The second-order valence-electron chi connectivity index (χ2n) is 5.50. The molecule has 2 N–H and O–H groups in total. The molecule has 1 aliphatic rings. The Balaban J connectivity index is 1.87. The van der Waals surface area contributed by atoms with E-state index in [1.807, 2.05) is 6.07 Å². The van der Waals surface area contributed by atoms with Gasteiger partial charge in [-0.2, -0.15) is 0 Å². The van der Waals surface area contributed by atoms with Gasteiger partial charge in [0.1, 0.15) is 6.04 Å². The van der Waals surface area contributed by atoms with E-state index in [4.69, 9.17) is 10.5 Å². The summed E-state index contributed by atoms with van der Waals surface area (Å²) >= 11 is 1.39. The number of anilines is 1. The Kier molecular flexibility index (Phi) is 4.47. The van der Waals surface area contributed by atoms with Crippen LogP contribution in [0, 0.1) is 0 Å². The minimum absolute atomic E-state index is 0.156. The molecular weight excluding hydrogens is 314 g/mol. The fourth-order valence-electron chi connectivity index (χ4n) is 2.90. The number of thiazole rings is 1. The number of nitrogen functional groups attached to an aromatic ring is 1. The number of amides is 1. The van der Waals surface area contributed by atoms with E-state index in [0.717, 1.165) is 17.5 Å². The monoisotopic (exact) mass is 333 g/mol. The number of esters is 1. The normalized spacial score (nSPS) is 18.1. The maximum absolute atomic E-state index is 12.8. The lowest BCUT2D eigenvalue weighted by molar-refractivity contribution is -0.149. The number of fused-ring (bicyclic) bond motifs is 1. The Bertz CT molecular complexity index is 743. The van der Waals surface area contributed by atoms with Crippen LogP contribution in [0.5, 0.6) is 0 Å². The number of carbonyl (C=O) groups excluding carboxylic acids is 2. The average molecular weight is 333 g/mol. The van der Waals surface area contributed by atoms with Crippen molar-refractivity contribution in [3.05, 3.63) is 23.8 Å². The molecule has 0 bridgehead atoms. The Hall–Kier alpha value is -2.15. The number of aromatic nitrogens is 1. The summed E-state index contributed by atoms with van der Waals surface area (Å²) in [6, 6.07) is 4.85. The topological polar surface area (TPSA) is 85.5 Å². The molecule has 0 spiro atoms. The Morgan fingerprint density at radius 2 is 2.26 bits per heavy atom. The molecule has 1 aliphatic heterocycles. The summed E-state index contributed by atoms with van der Waals surface area (Å²) in [5.74, 6) is -0.476. The maximum atomic E-state index is 12.8. The van der Waals surface area contributed by atoms with Crippen molar-refractivity contribution in [2.45, 2.75) is 32.2 Å². The number of hydrogen-bond acceptors (Lipinski definition) is 6. The molecule has 1 fully saturated rings. The first-order valence-electron chi connectivity index (χ1n) is 7.74. The summed E-state index contributed by atoms with van der Waals surface area (Å²) in [4.78, 5) is 30.8. The lowest BCUT2D eigenvalue weighted by Crippen LogP contribution is -2.48. The number of ether oxygens (including phenoxy) is 1. The van der Waals surface area contributed by atoms with Crippen molar-refractivity contribution in [1.29, 1.82) is 0 Å². The quantitative estimate of drug-likeness (QED) is 0.872. The molecule has 1 aromatic carbocycles. The molecule has 1 unspecified atom stereocenters. The first-order chi connectivity index (χ1) is 11.1. The van der Waals surface area contributed by atoms with Crippen molar-refractivity contribution >= 4 is 38.6 Å². The van der Waals surface area contributed by atoms with Crippen LogP contribution in [0.4, 0.5) is 5.13 Å². The van der Waals surface area contributed by atoms with Crippen molar-refractivity contribution in [3.63, 3.8) is 0 Å². The van der Waals surface area contributed by atoms with Crippen LogP contribution < -0.4 is 5.73 Å². The summed E-state index contributed by atoms with van der Waals surface area (Å²) in [5.41, 5.74) is 6.94. The van der Waals surface area contributed by atoms with E-state index in [1.165, 1.54) is 11.3 Å². The molecule has 1 amide bonds. The minimum Gasteiger partial charge on any atom is -0.464 e. The van der Waals surface area contributed by atoms with Crippen LogP contribution in [-0.4, -0.2) is 41.0 Å². The SMILES string of the molecule is CCOC(=O)C1CCCCN1C(=O)c1ccc2sc(N)nc2c1. The van der Waals surface area contributed by atoms with Gasteiger partial charge in [0.05, 0.1) is 16.8 Å². The van der Waals surface area contributed by atoms with Gasteiger partial charge in [-0.1, -0.05) is 11.3 Å². The van der Waals surface area contributed by atoms with Crippen molar-refractivity contribution < 1.29 is 14.3 Å². The van der Waals surface area contributed by atoms with E-state index in [9.17, 15) is 9.59 Å². The van der Waals surface area contributed by atoms with Gasteiger partial charge in [0.25, 0.3) is 5.91 Å². The first kappa shape index (κ1) is 15.7. The lowest BCUT2D eigenvalue weighted by Gasteiger charge is -2.34. The fourth-order valence-corrected chi connectivity index (χ4v) is 3.62. The maximum Gasteiger partial charge on any atom is 0.328 e. The number of likely N-dealkylation sites (tertiary alicyclic amines) is 1. The van der Waals surface area contributed by atoms with Crippen molar-refractivity contribution in [1.82, 2.24) is 9.88 Å². The van der Waals surface area contributed by atoms with Crippen LogP contribution in [0.2, 0.25) is 0 Å². The summed E-state index contributed by atoms with van der Waals surface area (Å²) in [6.45, 7) is 2.66.